The van der Waals surface area contributed by atoms with E-state index in [4.69, 9.17) is 5.73 Å². The van der Waals surface area contributed by atoms with Crippen LogP contribution < -0.4 is 5.73 Å². The molecule has 0 fully saturated rings. The molecule has 2 N–H and O–H groups in total. The van der Waals surface area contributed by atoms with Gasteiger partial charge in [-0.15, -0.1) is 0 Å². The van der Waals surface area contributed by atoms with Crippen LogP contribution in [0.2, 0.25) is 0 Å². The third-order valence-electron chi connectivity index (χ3n) is 3.21. The summed E-state index contributed by atoms with van der Waals surface area (Å²) in [6, 6.07) is 5.57. The van der Waals surface area contributed by atoms with Gasteiger partial charge in [0.05, 0.1) is 10.1 Å². The average Bonchev–Trinajstić information content (AvgIpc) is 2.49. The molecule has 0 saturated carbocycles. The molecule has 4 heteroatoms. The first-order valence-electron chi connectivity index (χ1n) is 5.62. The van der Waals surface area contributed by atoms with E-state index in [2.05, 4.69) is 0 Å². The van der Waals surface area contributed by atoms with Crippen molar-refractivity contribution in [2.24, 2.45) is 5.73 Å². The lowest BCUT2D eigenvalue weighted by Crippen LogP contribution is -2.11. The fourth-order valence-corrected chi connectivity index (χ4v) is 3.90. The van der Waals surface area contributed by atoms with E-state index in [1.165, 1.54) is 0 Å². The van der Waals surface area contributed by atoms with E-state index in [1.807, 2.05) is 12.1 Å². The lowest BCUT2D eigenvalue weighted by molar-refractivity contribution is 0.590. The van der Waals surface area contributed by atoms with Gasteiger partial charge in [0, 0.05) is 0 Å². The van der Waals surface area contributed by atoms with Gasteiger partial charge in [-0.2, -0.15) is 0 Å². The minimum Gasteiger partial charge on any atom is -0.330 e. The van der Waals surface area contributed by atoms with Crippen LogP contribution in [0.15, 0.2) is 23.1 Å². The van der Waals surface area contributed by atoms with Crippen LogP contribution in [-0.4, -0.2) is 20.2 Å². The molecule has 3 nitrogen and oxygen atoms in total. The first-order chi connectivity index (χ1) is 7.57. The Morgan fingerprint density at radius 2 is 2.19 bits per heavy atom. The summed E-state index contributed by atoms with van der Waals surface area (Å²) >= 11 is 0. The van der Waals surface area contributed by atoms with Crippen LogP contribution in [0.1, 0.15) is 24.5 Å². The van der Waals surface area contributed by atoms with Crippen molar-refractivity contribution in [3.63, 3.8) is 0 Å². The molecule has 88 valence electrons. The van der Waals surface area contributed by atoms with Crippen molar-refractivity contribution in [1.29, 1.82) is 0 Å². The summed E-state index contributed by atoms with van der Waals surface area (Å²) in [5.74, 6) is 0. The summed E-state index contributed by atoms with van der Waals surface area (Å²) in [7, 11) is -3.06. The average molecular weight is 239 g/mol. The molecular weight excluding hydrogens is 222 g/mol. The third-order valence-corrected chi connectivity index (χ3v) is 5.43. The lowest BCUT2D eigenvalue weighted by atomic mass is 10.00. The zero-order valence-electron chi connectivity index (χ0n) is 9.44. The van der Waals surface area contributed by atoms with Gasteiger partial charge < -0.3 is 5.73 Å². The summed E-state index contributed by atoms with van der Waals surface area (Å²) < 4.78 is 24.0. The predicted octanol–water partition coefficient (Wildman–Crippen LogP) is 1.30. The number of rotatable bonds is 3. The van der Waals surface area contributed by atoms with Crippen LogP contribution in [0.4, 0.5) is 0 Å². The predicted molar refractivity (Wildman–Crippen MR) is 64.2 cm³/mol. The Kier molecular flexibility index (Phi) is 3.04. The van der Waals surface area contributed by atoms with Gasteiger partial charge in [-0.05, 0) is 49.9 Å². The van der Waals surface area contributed by atoms with Crippen molar-refractivity contribution in [1.82, 2.24) is 0 Å². The first kappa shape index (κ1) is 11.6. The molecule has 0 saturated heterocycles. The molecule has 0 radical (unpaired) electrons. The van der Waals surface area contributed by atoms with Gasteiger partial charge >= 0.3 is 0 Å². The Labute approximate surface area is 96.6 Å². The van der Waals surface area contributed by atoms with E-state index >= 15 is 0 Å². The Morgan fingerprint density at radius 1 is 1.44 bits per heavy atom. The van der Waals surface area contributed by atoms with E-state index < -0.39 is 9.84 Å². The fourth-order valence-electron chi connectivity index (χ4n) is 2.25. The van der Waals surface area contributed by atoms with Crippen LogP contribution in [0, 0.1) is 0 Å². The standard InChI is InChI=1S/C12H17NO2S/c1-9-8-11-10(5-3-7-13)4-2-6-12(11)16(9,14)15/h2,4,6,9H,3,5,7-8,13H2,1H3. The summed E-state index contributed by atoms with van der Waals surface area (Å²) in [6.07, 6.45) is 2.44. The number of benzene rings is 1. The van der Waals surface area contributed by atoms with Crippen molar-refractivity contribution in [2.75, 3.05) is 6.54 Å². The van der Waals surface area contributed by atoms with E-state index in [9.17, 15) is 8.42 Å². The van der Waals surface area contributed by atoms with Crippen molar-refractivity contribution in [3.8, 4) is 0 Å². The third kappa shape index (κ3) is 1.76. The summed E-state index contributed by atoms with van der Waals surface area (Å²) in [5.41, 5.74) is 7.65. The minimum atomic E-state index is -3.06. The Hall–Kier alpha value is -0.870. The number of hydrogen-bond donors (Lipinski definition) is 1. The Morgan fingerprint density at radius 3 is 2.88 bits per heavy atom. The van der Waals surface area contributed by atoms with Gasteiger partial charge in [0.25, 0.3) is 0 Å². The maximum Gasteiger partial charge on any atom is 0.181 e. The molecule has 1 aromatic rings. The molecule has 2 rings (SSSR count). The molecule has 0 aromatic heterocycles. The van der Waals surface area contributed by atoms with Crippen molar-refractivity contribution < 1.29 is 8.42 Å². The highest BCUT2D eigenvalue weighted by Crippen LogP contribution is 2.33. The van der Waals surface area contributed by atoms with Gasteiger partial charge in [-0.3, -0.25) is 0 Å². The number of sulfone groups is 1. The quantitative estimate of drug-likeness (QED) is 0.864. The molecule has 0 amide bonds. The van der Waals surface area contributed by atoms with Gasteiger partial charge in [0.1, 0.15) is 0 Å². The van der Waals surface area contributed by atoms with Crippen LogP contribution in [0.5, 0.6) is 0 Å². The highest BCUT2D eigenvalue weighted by molar-refractivity contribution is 7.92. The van der Waals surface area contributed by atoms with E-state index in [-0.39, 0.29) is 5.25 Å². The SMILES string of the molecule is CC1Cc2c(CCCN)cccc2S1(=O)=O. The zero-order chi connectivity index (χ0) is 11.8. The van der Waals surface area contributed by atoms with Crippen molar-refractivity contribution in [2.45, 2.75) is 36.3 Å². The van der Waals surface area contributed by atoms with E-state index in [0.29, 0.717) is 17.9 Å². The van der Waals surface area contributed by atoms with Gasteiger partial charge in [0.15, 0.2) is 9.84 Å². The first-order valence-corrected chi connectivity index (χ1v) is 7.16. The minimum absolute atomic E-state index is 0.276. The molecule has 16 heavy (non-hydrogen) atoms. The second kappa shape index (κ2) is 4.18. The number of nitrogens with two attached hydrogens (primary N) is 1. The van der Waals surface area contributed by atoms with Crippen LogP contribution in [0.25, 0.3) is 0 Å². The molecular formula is C12H17NO2S. The van der Waals surface area contributed by atoms with Crippen molar-refractivity contribution in [3.05, 3.63) is 29.3 Å². The Bertz CT molecular complexity index is 494. The number of hydrogen-bond acceptors (Lipinski definition) is 3. The van der Waals surface area contributed by atoms with Gasteiger partial charge in [-0.25, -0.2) is 8.42 Å². The molecule has 1 atom stereocenters. The molecule has 0 bridgehead atoms. The second-order valence-corrected chi connectivity index (χ2v) is 6.68. The van der Waals surface area contributed by atoms with Crippen LogP contribution in [0.3, 0.4) is 0 Å². The smallest absolute Gasteiger partial charge is 0.181 e. The molecule has 1 aromatic carbocycles. The summed E-state index contributed by atoms with van der Waals surface area (Å²) in [4.78, 5) is 0.537. The molecule has 0 aliphatic carbocycles. The largest absolute Gasteiger partial charge is 0.330 e. The van der Waals surface area contributed by atoms with Crippen molar-refractivity contribution >= 4 is 9.84 Å². The highest BCUT2D eigenvalue weighted by atomic mass is 32.2. The molecule has 1 heterocycles. The fraction of sp³-hybridized carbons (Fsp3) is 0.500. The topological polar surface area (TPSA) is 60.2 Å². The molecule has 0 spiro atoms. The Balaban J connectivity index is 2.45. The molecule has 1 aliphatic heterocycles. The van der Waals surface area contributed by atoms with E-state index in [1.54, 1.807) is 13.0 Å². The van der Waals surface area contributed by atoms with Gasteiger partial charge in [0.2, 0.25) is 0 Å². The normalized spacial score (nSPS) is 22.0. The summed E-state index contributed by atoms with van der Waals surface area (Å²) in [6.45, 7) is 2.42. The van der Waals surface area contributed by atoms with Gasteiger partial charge in [-0.1, -0.05) is 12.1 Å². The van der Waals surface area contributed by atoms with E-state index in [0.717, 1.165) is 24.0 Å². The highest BCUT2D eigenvalue weighted by Gasteiger charge is 2.34. The van der Waals surface area contributed by atoms with Crippen LogP contribution in [-0.2, 0) is 22.7 Å². The number of fused-ring (bicyclic) bond motifs is 1. The number of aryl methyl sites for hydroxylation is 1. The second-order valence-electron chi connectivity index (χ2n) is 4.35. The lowest BCUT2D eigenvalue weighted by Gasteiger charge is -2.06. The maximum atomic E-state index is 12.0. The zero-order valence-corrected chi connectivity index (χ0v) is 10.3. The van der Waals surface area contributed by atoms with Crippen LogP contribution >= 0.6 is 0 Å². The molecule has 1 unspecified atom stereocenters. The molecule has 1 aliphatic rings. The maximum absolute atomic E-state index is 12.0. The summed E-state index contributed by atoms with van der Waals surface area (Å²) in [5, 5.41) is -0.276. The monoisotopic (exact) mass is 239 g/mol.